The van der Waals surface area contributed by atoms with Crippen LogP contribution in [0.4, 0.5) is 4.79 Å². The average molecular weight is 345 g/mol. The molecule has 3 rings (SSSR count). The van der Waals surface area contributed by atoms with Gasteiger partial charge in [0.25, 0.3) is 0 Å². The third kappa shape index (κ3) is 4.95. The highest BCUT2D eigenvalue weighted by Gasteiger charge is 2.30. The van der Waals surface area contributed by atoms with Crippen molar-refractivity contribution in [2.24, 2.45) is 0 Å². The van der Waals surface area contributed by atoms with Gasteiger partial charge in [-0.05, 0) is 38.3 Å². The van der Waals surface area contributed by atoms with E-state index in [9.17, 15) is 4.79 Å². The summed E-state index contributed by atoms with van der Waals surface area (Å²) in [5.74, 6) is 0. The van der Waals surface area contributed by atoms with E-state index >= 15 is 0 Å². The summed E-state index contributed by atoms with van der Waals surface area (Å²) in [6.45, 7) is 8.88. The van der Waals surface area contributed by atoms with Gasteiger partial charge in [-0.25, -0.2) is 4.79 Å². The van der Waals surface area contributed by atoms with E-state index in [0.717, 1.165) is 31.5 Å². The molecule has 0 spiro atoms. The molecule has 0 aromatic heterocycles. The molecular weight excluding hydrogens is 314 g/mol. The Morgan fingerprint density at radius 2 is 1.92 bits per heavy atom. The molecule has 138 valence electrons. The number of hydrogen-bond donors (Lipinski definition) is 1. The van der Waals surface area contributed by atoms with Crippen LogP contribution in [-0.2, 0) is 4.74 Å². The third-order valence-electron chi connectivity index (χ3n) is 5.17. The Morgan fingerprint density at radius 3 is 2.60 bits per heavy atom. The van der Waals surface area contributed by atoms with E-state index in [1.807, 2.05) is 30.0 Å². The number of benzene rings is 1. The zero-order valence-electron chi connectivity index (χ0n) is 15.5. The Morgan fingerprint density at radius 1 is 1.20 bits per heavy atom. The number of rotatable bonds is 4. The second-order valence-electron chi connectivity index (χ2n) is 7.32. The Balaban J connectivity index is 1.53. The Labute approximate surface area is 151 Å². The maximum atomic E-state index is 12.7. The van der Waals surface area contributed by atoms with E-state index in [0.29, 0.717) is 19.1 Å². The van der Waals surface area contributed by atoms with E-state index < -0.39 is 0 Å². The van der Waals surface area contributed by atoms with Crippen LogP contribution in [0.2, 0.25) is 0 Å². The van der Waals surface area contributed by atoms with Crippen molar-refractivity contribution in [3.05, 3.63) is 35.9 Å². The first kappa shape index (κ1) is 18.2. The van der Waals surface area contributed by atoms with Crippen molar-refractivity contribution < 1.29 is 9.53 Å². The van der Waals surface area contributed by atoms with Crippen molar-refractivity contribution in [3.63, 3.8) is 0 Å². The van der Waals surface area contributed by atoms with Crippen LogP contribution in [0.25, 0.3) is 0 Å². The smallest absolute Gasteiger partial charge is 0.317 e. The van der Waals surface area contributed by atoms with Gasteiger partial charge in [-0.1, -0.05) is 37.3 Å². The van der Waals surface area contributed by atoms with Crippen LogP contribution >= 0.6 is 0 Å². The summed E-state index contributed by atoms with van der Waals surface area (Å²) in [6, 6.07) is 10.5. The Bertz CT molecular complexity index is 543. The molecule has 0 radical (unpaired) electrons. The lowest BCUT2D eigenvalue weighted by Gasteiger charge is -2.38. The summed E-state index contributed by atoms with van der Waals surface area (Å²) in [5.41, 5.74) is 1.14. The number of carbonyl (C=O) groups excluding carboxylic acids is 1. The first-order chi connectivity index (χ1) is 12.2. The molecule has 2 aliphatic heterocycles. The summed E-state index contributed by atoms with van der Waals surface area (Å²) >= 11 is 0. The van der Waals surface area contributed by atoms with Gasteiger partial charge in [0.05, 0.1) is 12.6 Å². The summed E-state index contributed by atoms with van der Waals surface area (Å²) in [4.78, 5) is 17.2. The summed E-state index contributed by atoms with van der Waals surface area (Å²) in [5, 5.41) is 3.25. The molecule has 2 amide bonds. The van der Waals surface area contributed by atoms with Gasteiger partial charge in [0.1, 0.15) is 6.10 Å². The molecule has 1 aromatic rings. The van der Waals surface area contributed by atoms with Gasteiger partial charge in [0.2, 0.25) is 0 Å². The molecule has 0 saturated carbocycles. The Kier molecular flexibility index (Phi) is 6.32. The van der Waals surface area contributed by atoms with Crippen LogP contribution in [0.1, 0.15) is 44.8 Å². The molecule has 0 aliphatic carbocycles. The van der Waals surface area contributed by atoms with E-state index in [4.69, 9.17) is 4.74 Å². The highest BCUT2D eigenvalue weighted by atomic mass is 16.5. The molecule has 2 fully saturated rings. The van der Waals surface area contributed by atoms with E-state index in [-0.39, 0.29) is 18.2 Å². The maximum Gasteiger partial charge on any atom is 0.317 e. The Hall–Kier alpha value is -1.59. The fourth-order valence-electron chi connectivity index (χ4n) is 3.85. The number of urea groups is 1. The van der Waals surface area contributed by atoms with Crippen molar-refractivity contribution in [3.8, 4) is 0 Å². The van der Waals surface area contributed by atoms with Gasteiger partial charge in [-0.15, -0.1) is 0 Å². The fraction of sp³-hybridized carbons (Fsp3) is 0.650. The van der Waals surface area contributed by atoms with Crippen molar-refractivity contribution in [2.45, 2.75) is 51.4 Å². The van der Waals surface area contributed by atoms with Gasteiger partial charge < -0.3 is 19.9 Å². The third-order valence-corrected chi connectivity index (χ3v) is 5.17. The van der Waals surface area contributed by atoms with Crippen LogP contribution in [-0.4, -0.2) is 60.7 Å². The lowest BCUT2D eigenvalue weighted by Crippen LogP contribution is -2.53. The number of morpholine rings is 1. The first-order valence-corrected chi connectivity index (χ1v) is 9.64. The molecule has 1 N–H and O–H groups in total. The number of nitrogens with one attached hydrogen (secondary N) is 1. The number of likely N-dealkylation sites (tertiary alicyclic amines) is 1. The minimum absolute atomic E-state index is 0.0397. The number of hydrogen-bond acceptors (Lipinski definition) is 3. The number of piperidine rings is 1. The molecule has 25 heavy (non-hydrogen) atoms. The van der Waals surface area contributed by atoms with Crippen molar-refractivity contribution in [1.29, 1.82) is 0 Å². The zero-order chi connectivity index (χ0) is 17.6. The molecular formula is C20H31N3O2. The van der Waals surface area contributed by atoms with Gasteiger partial charge >= 0.3 is 6.03 Å². The van der Waals surface area contributed by atoms with Crippen molar-refractivity contribution in [1.82, 2.24) is 15.1 Å². The van der Waals surface area contributed by atoms with E-state index in [1.165, 1.54) is 13.0 Å². The standard InChI is InChI=1S/C20H31N3O2/c1-3-11-22-12-9-18(10-13-22)21-20(24)23-14-16(2)25-19(15-23)17-7-5-4-6-8-17/h4-8,16,18-19H,3,9-15H2,1-2H3,(H,21,24)/t16-,19-/m1/s1. The molecule has 0 bridgehead atoms. The number of amides is 2. The largest absolute Gasteiger partial charge is 0.367 e. The van der Waals surface area contributed by atoms with Crippen LogP contribution in [0.5, 0.6) is 0 Å². The normalized spacial score (nSPS) is 25.8. The van der Waals surface area contributed by atoms with Gasteiger partial charge in [-0.3, -0.25) is 0 Å². The van der Waals surface area contributed by atoms with Gasteiger partial charge in [0.15, 0.2) is 0 Å². The molecule has 2 saturated heterocycles. The van der Waals surface area contributed by atoms with Crippen molar-refractivity contribution in [2.75, 3.05) is 32.7 Å². The van der Waals surface area contributed by atoms with E-state index in [1.54, 1.807) is 0 Å². The molecule has 2 heterocycles. The number of carbonyl (C=O) groups is 1. The second-order valence-corrected chi connectivity index (χ2v) is 7.32. The molecule has 2 atom stereocenters. The van der Waals surface area contributed by atoms with Crippen LogP contribution in [0.3, 0.4) is 0 Å². The first-order valence-electron chi connectivity index (χ1n) is 9.64. The topological polar surface area (TPSA) is 44.8 Å². The minimum atomic E-state index is -0.0397. The average Bonchev–Trinajstić information content (AvgIpc) is 2.64. The molecule has 2 aliphatic rings. The summed E-state index contributed by atoms with van der Waals surface area (Å²) in [6.07, 6.45) is 3.31. The van der Waals surface area contributed by atoms with Gasteiger partial charge in [-0.2, -0.15) is 0 Å². The second kappa shape index (κ2) is 8.68. The minimum Gasteiger partial charge on any atom is -0.367 e. The predicted molar refractivity (Wildman–Crippen MR) is 99.6 cm³/mol. The monoisotopic (exact) mass is 345 g/mol. The number of ether oxygens (including phenoxy) is 1. The molecule has 5 nitrogen and oxygen atoms in total. The molecule has 5 heteroatoms. The quantitative estimate of drug-likeness (QED) is 0.912. The SMILES string of the molecule is CCCN1CCC(NC(=O)N2C[C@@H](C)O[C@@H](c3ccccc3)C2)CC1. The van der Waals surface area contributed by atoms with Crippen LogP contribution < -0.4 is 5.32 Å². The van der Waals surface area contributed by atoms with Crippen LogP contribution in [0, 0.1) is 0 Å². The number of nitrogens with zero attached hydrogens (tertiary/aromatic N) is 2. The maximum absolute atomic E-state index is 12.7. The summed E-state index contributed by atoms with van der Waals surface area (Å²) in [7, 11) is 0. The predicted octanol–water partition coefficient (Wildman–Crippen LogP) is 3.03. The van der Waals surface area contributed by atoms with Crippen LogP contribution in [0.15, 0.2) is 30.3 Å². The highest BCUT2D eigenvalue weighted by molar-refractivity contribution is 5.74. The van der Waals surface area contributed by atoms with E-state index in [2.05, 4.69) is 29.3 Å². The molecule has 1 aromatic carbocycles. The fourth-order valence-corrected chi connectivity index (χ4v) is 3.85. The lowest BCUT2D eigenvalue weighted by molar-refractivity contribution is -0.0660. The zero-order valence-corrected chi connectivity index (χ0v) is 15.5. The van der Waals surface area contributed by atoms with Gasteiger partial charge in [0, 0.05) is 25.7 Å². The molecule has 0 unspecified atom stereocenters. The van der Waals surface area contributed by atoms with Crippen molar-refractivity contribution >= 4 is 6.03 Å². The highest BCUT2D eigenvalue weighted by Crippen LogP contribution is 2.25. The lowest BCUT2D eigenvalue weighted by atomic mass is 10.0. The summed E-state index contributed by atoms with van der Waals surface area (Å²) < 4.78 is 6.06.